The summed E-state index contributed by atoms with van der Waals surface area (Å²) in [6, 6.07) is 0.470. The lowest BCUT2D eigenvalue weighted by Crippen LogP contribution is -2.17. The fourth-order valence-electron chi connectivity index (χ4n) is 1.58. The van der Waals surface area contributed by atoms with Crippen LogP contribution in [0.3, 0.4) is 0 Å². The van der Waals surface area contributed by atoms with Crippen LogP contribution in [0.15, 0.2) is 5.38 Å². The lowest BCUT2D eigenvalue weighted by Gasteiger charge is -2.14. The molecule has 1 aromatic rings. The van der Waals surface area contributed by atoms with Crippen LogP contribution in [-0.4, -0.2) is 24.1 Å². The van der Waals surface area contributed by atoms with Gasteiger partial charge in [-0.3, -0.25) is 4.79 Å². The standard InChI is InChI=1S/C12H20N2O2S/c1-4-6-9(5-2)13-12-14-10(8-17-12)7-11(15)16-3/h8-9H,4-7H2,1-3H3,(H,13,14). The van der Waals surface area contributed by atoms with Crippen molar-refractivity contribution in [2.45, 2.75) is 45.6 Å². The topological polar surface area (TPSA) is 51.2 Å². The Morgan fingerprint density at radius 2 is 2.35 bits per heavy atom. The number of esters is 1. The average molecular weight is 256 g/mol. The Balaban J connectivity index is 2.52. The third-order valence-electron chi connectivity index (χ3n) is 2.56. The van der Waals surface area contributed by atoms with E-state index in [1.807, 2.05) is 5.38 Å². The van der Waals surface area contributed by atoms with E-state index in [0.717, 1.165) is 30.1 Å². The van der Waals surface area contributed by atoms with Crippen molar-refractivity contribution in [3.05, 3.63) is 11.1 Å². The van der Waals surface area contributed by atoms with Crippen molar-refractivity contribution >= 4 is 22.4 Å². The zero-order chi connectivity index (χ0) is 12.7. The monoisotopic (exact) mass is 256 g/mol. The van der Waals surface area contributed by atoms with Crippen molar-refractivity contribution in [1.82, 2.24) is 4.98 Å². The summed E-state index contributed by atoms with van der Waals surface area (Å²) in [5.74, 6) is -0.248. The Bertz CT molecular complexity index is 352. The van der Waals surface area contributed by atoms with Gasteiger partial charge in [0.25, 0.3) is 0 Å². The number of thiazole rings is 1. The summed E-state index contributed by atoms with van der Waals surface area (Å²) in [5, 5.41) is 6.19. The van der Waals surface area contributed by atoms with Gasteiger partial charge in [0.15, 0.2) is 5.13 Å². The van der Waals surface area contributed by atoms with Crippen LogP contribution in [-0.2, 0) is 16.0 Å². The number of hydrogen-bond donors (Lipinski definition) is 1. The molecule has 1 rings (SSSR count). The Hall–Kier alpha value is -1.10. The van der Waals surface area contributed by atoms with Gasteiger partial charge in [-0.15, -0.1) is 11.3 Å². The first-order chi connectivity index (χ1) is 8.19. The highest BCUT2D eigenvalue weighted by atomic mass is 32.1. The first-order valence-corrected chi connectivity index (χ1v) is 6.85. The Kier molecular flexibility index (Phi) is 5.97. The van der Waals surface area contributed by atoms with E-state index in [2.05, 4.69) is 28.9 Å². The van der Waals surface area contributed by atoms with E-state index in [1.165, 1.54) is 7.11 Å². The zero-order valence-electron chi connectivity index (χ0n) is 10.7. The summed E-state index contributed by atoms with van der Waals surface area (Å²) in [6.45, 7) is 4.34. The van der Waals surface area contributed by atoms with Gasteiger partial charge in [0, 0.05) is 11.4 Å². The molecule has 17 heavy (non-hydrogen) atoms. The van der Waals surface area contributed by atoms with Gasteiger partial charge in [-0.1, -0.05) is 20.3 Å². The molecule has 5 heteroatoms. The van der Waals surface area contributed by atoms with E-state index < -0.39 is 0 Å². The molecule has 96 valence electrons. The first-order valence-electron chi connectivity index (χ1n) is 5.97. The molecule has 0 aromatic carbocycles. The number of anilines is 1. The van der Waals surface area contributed by atoms with Gasteiger partial charge in [0.2, 0.25) is 0 Å². The minimum atomic E-state index is -0.248. The van der Waals surface area contributed by atoms with E-state index >= 15 is 0 Å². The zero-order valence-corrected chi connectivity index (χ0v) is 11.5. The van der Waals surface area contributed by atoms with E-state index in [4.69, 9.17) is 0 Å². The van der Waals surface area contributed by atoms with Crippen molar-refractivity contribution < 1.29 is 9.53 Å². The van der Waals surface area contributed by atoms with Gasteiger partial charge in [0.05, 0.1) is 19.2 Å². The van der Waals surface area contributed by atoms with E-state index in [9.17, 15) is 4.79 Å². The van der Waals surface area contributed by atoms with Crippen molar-refractivity contribution in [2.75, 3.05) is 12.4 Å². The molecule has 0 saturated heterocycles. The van der Waals surface area contributed by atoms with E-state index in [0.29, 0.717) is 6.04 Å². The fourth-order valence-corrected chi connectivity index (χ4v) is 2.36. The number of ether oxygens (including phenoxy) is 1. The molecule has 0 saturated carbocycles. The summed E-state index contributed by atoms with van der Waals surface area (Å²) >= 11 is 1.54. The highest BCUT2D eigenvalue weighted by Crippen LogP contribution is 2.19. The highest BCUT2D eigenvalue weighted by Gasteiger charge is 2.10. The lowest BCUT2D eigenvalue weighted by molar-refractivity contribution is -0.139. The fraction of sp³-hybridized carbons (Fsp3) is 0.667. The van der Waals surface area contributed by atoms with E-state index in [-0.39, 0.29) is 12.4 Å². The molecule has 0 bridgehead atoms. The Labute approximate surface area is 106 Å². The predicted octanol–water partition coefficient (Wildman–Crippen LogP) is 2.85. The van der Waals surface area contributed by atoms with Crippen molar-refractivity contribution in [3.63, 3.8) is 0 Å². The minimum Gasteiger partial charge on any atom is -0.469 e. The maximum absolute atomic E-state index is 11.1. The van der Waals surface area contributed by atoms with Crippen LogP contribution in [0.5, 0.6) is 0 Å². The largest absolute Gasteiger partial charge is 0.469 e. The van der Waals surface area contributed by atoms with Gasteiger partial charge < -0.3 is 10.1 Å². The maximum atomic E-state index is 11.1. The molecule has 4 nitrogen and oxygen atoms in total. The Morgan fingerprint density at radius 3 is 2.94 bits per heavy atom. The summed E-state index contributed by atoms with van der Waals surface area (Å²) < 4.78 is 4.61. The predicted molar refractivity (Wildman–Crippen MR) is 70.4 cm³/mol. The van der Waals surface area contributed by atoms with E-state index in [1.54, 1.807) is 11.3 Å². The third-order valence-corrected chi connectivity index (χ3v) is 3.38. The van der Waals surface area contributed by atoms with Crippen LogP contribution in [0, 0.1) is 0 Å². The summed E-state index contributed by atoms with van der Waals surface area (Å²) in [6.07, 6.45) is 3.63. The number of methoxy groups -OCH3 is 1. The molecule has 0 fully saturated rings. The molecule has 0 spiro atoms. The molecule has 1 unspecified atom stereocenters. The van der Waals surface area contributed by atoms with Gasteiger partial charge in [-0.05, 0) is 12.8 Å². The number of nitrogens with one attached hydrogen (secondary N) is 1. The molecule has 0 aliphatic carbocycles. The van der Waals surface area contributed by atoms with Gasteiger partial charge in [-0.2, -0.15) is 0 Å². The molecule has 1 heterocycles. The second kappa shape index (κ2) is 7.27. The molecular weight excluding hydrogens is 236 g/mol. The second-order valence-corrected chi connectivity index (χ2v) is 4.79. The molecule has 1 aromatic heterocycles. The molecule has 0 aliphatic rings. The quantitative estimate of drug-likeness (QED) is 0.762. The van der Waals surface area contributed by atoms with Crippen LogP contribution >= 0.6 is 11.3 Å². The summed E-state index contributed by atoms with van der Waals surface area (Å²) in [7, 11) is 1.39. The second-order valence-electron chi connectivity index (χ2n) is 3.94. The van der Waals surface area contributed by atoms with Gasteiger partial charge in [-0.25, -0.2) is 4.98 Å². The SMILES string of the molecule is CCCC(CC)Nc1nc(CC(=O)OC)cs1. The number of aromatic nitrogens is 1. The Morgan fingerprint density at radius 1 is 1.59 bits per heavy atom. The number of carbonyl (C=O) groups excluding carboxylic acids is 1. The van der Waals surface area contributed by atoms with Crippen molar-refractivity contribution in [3.8, 4) is 0 Å². The minimum absolute atomic E-state index is 0.248. The van der Waals surface area contributed by atoms with Crippen molar-refractivity contribution in [2.24, 2.45) is 0 Å². The maximum Gasteiger partial charge on any atom is 0.311 e. The number of nitrogens with zero attached hydrogens (tertiary/aromatic N) is 1. The van der Waals surface area contributed by atoms with Crippen LogP contribution in [0.2, 0.25) is 0 Å². The smallest absolute Gasteiger partial charge is 0.311 e. The summed E-state index contributed by atoms with van der Waals surface area (Å²) in [5.41, 5.74) is 0.774. The number of hydrogen-bond acceptors (Lipinski definition) is 5. The highest BCUT2D eigenvalue weighted by molar-refractivity contribution is 7.13. The van der Waals surface area contributed by atoms with Gasteiger partial charge in [0.1, 0.15) is 0 Å². The average Bonchev–Trinajstić information content (AvgIpc) is 2.75. The van der Waals surface area contributed by atoms with Crippen LogP contribution in [0.4, 0.5) is 5.13 Å². The molecular formula is C12H20N2O2S. The number of carbonyl (C=O) groups is 1. The lowest BCUT2D eigenvalue weighted by atomic mass is 10.1. The molecule has 0 amide bonds. The normalized spacial score (nSPS) is 12.2. The van der Waals surface area contributed by atoms with Crippen LogP contribution in [0.25, 0.3) is 0 Å². The van der Waals surface area contributed by atoms with Crippen LogP contribution < -0.4 is 5.32 Å². The summed E-state index contributed by atoms with van der Waals surface area (Å²) in [4.78, 5) is 15.5. The molecule has 0 radical (unpaired) electrons. The van der Waals surface area contributed by atoms with Gasteiger partial charge >= 0.3 is 5.97 Å². The van der Waals surface area contributed by atoms with Crippen LogP contribution in [0.1, 0.15) is 38.8 Å². The molecule has 1 atom stereocenters. The number of rotatable bonds is 7. The van der Waals surface area contributed by atoms with Crippen molar-refractivity contribution in [1.29, 1.82) is 0 Å². The third kappa shape index (κ3) is 4.73. The molecule has 1 N–H and O–H groups in total. The first kappa shape index (κ1) is 14.0. The molecule has 0 aliphatic heterocycles.